The van der Waals surface area contributed by atoms with Crippen molar-refractivity contribution in [3.05, 3.63) is 48.6 Å². The van der Waals surface area contributed by atoms with Gasteiger partial charge in [-0.25, -0.2) is 0 Å². The third-order valence-electron chi connectivity index (χ3n) is 9.10. The molecule has 2 amide bonds. The molecule has 1 aromatic rings. The van der Waals surface area contributed by atoms with Crippen LogP contribution < -0.4 is 9.80 Å². The maximum Gasteiger partial charge on any atom is 0.311 e. The predicted molar refractivity (Wildman–Crippen MR) is 163 cm³/mol. The van der Waals surface area contributed by atoms with Gasteiger partial charge in [0.1, 0.15) is 6.04 Å². The zero-order valence-corrected chi connectivity index (χ0v) is 25.3. The van der Waals surface area contributed by atoms with E-state index in [4.69, 9.17) is 4.74 Å². The van der Waals surface area contributed by atoms with Gasteiger partial charge in [-0.15, -0.1) is 11.8 Å². The highest BCUT2D eigenvalue weighted by molar-refractivity contribution is 8.02. The summed E-state index contributed by atoms with van der Waals surface area (Å²) < 4.78 is 4.16. The molecule has 1 N–H and O–H groups in total. The molecular weight excluding hydrogens is 538 g/mol. The number of likely N-dealkylation sites (tertiary alicyclic amines) is 1. The van der Waals surface area contributed by atoms with Gasteiger partial charge in [-0.2, -0.15) is 0 Å². The van der Waals surface area contributed by atoms with Gasteiger partial charge in [0.15, 0.2) is 0 Å². The average molecular weight is 582 g/mol. The van der Waals surface area contributed by atoms with Gasteiger partial charge in [0, 0.05) is 48.9 Å². The number of anilines is 2. The van der Waals surface area contributed by atoms with Crippen molar-refractivity contribution in [1.29, 1.82) is 0 Å². The molecule has 8 nitrogen and oxygen atoms in total. The minimum Gasteiger partial charge on any atom is -0.465 e. The molecular formula is C32H43N3O5S. The first-order valence-corrected chi connectivity index (χ1v) is 15.9. The Balaban J connectivity index is 1.56. The molecule has 0 radical (unpaired) electrons. The minimum absolute atomic E-state index is 0.0205. The fraction of sp³-hybridized carbons (Fsp3) is 0.594. The molecule has 41 heavy (non-hydrogen) atoms. The minimum atomic E-state index is -0.903. The van der Waals surface area contributed by atoms with Crippen molar-refractivity contribution in [1.82, 2.24) is 4.90 Å². The van der Waals surface area contributed by atoms with Crippen LogP contribution in [0.5, 0.6) is 0 Å². The van der Waals surface area contributed by atoms with Crippen LogP contribution in [0, 0.1) is 11.8 Å². The van der Waals surface area contributed by atoms with Crippen LogP contribution in [0.3, 0.4) is 0 Å². The van der Waals surface area contributed by atoms with Crippen LogP contribution in [0.25, 0.3) is 0 Å². The van der Waals surface area contributed by atoms with E-state index >= 15 is 0 Å². The molecule has 5 rings (SSSR count). The number of nitrogens with zero attached hydrogens (tertiary/aromatic N) is 3. The van der Waals surface area contributed by atoms with Gasteiger partial charge in [0.05, 0.1) is 23.2 Å². The number of carbonyl (C=O) groups is 3. The first kappa shape index (κ1) is 29.7. The average Bonchev–Trinajstić information content (AvgIpc) is 3.29. The number of aliphatic hydroxyl groups is 1. The lowest BCUT2D eigenvalue weighted by Crippen LogP contribution is -2.53. The Labute approximate surface area is 247 Å². The molecule has 1 spiro atoms. The normalized spacial score (nSPS) is 32.2. The van der Waals surface area contributed by atoms with Gasteiger partial charge in [-0.05, 0) is 77.1 Å². The molecule has 0 aliphatic carbocycles. The summed E-state index contributed by atoms with van der Waals surface area (Å²) in [5.41, 5.74) is 1.88. The second kappa shape index (κ2) is 12.2. The second-order valence-corrected chi connectivity index (χ2v) is 13.4. The number of unbranched alkanes of at least 4 members (excludes halogenated alkanes) is 1. The number of esters is 1. The molecule has 1 aromatic carbocycles. The number of hydrogen-bond donors (Lipinski definition) is 1. The molecule has 5 atom stereocenters. The molecule has 222 valence electrons. The smallest absolute Gasteiger partial charge is 0.311 e. The van der Waals surface area contributed by atoms with Crippen LogP contribution >= 0.6 is 11.8 Å². The molecule has 9 heteroatoms. The lowest BCUT2D eigenvalue weighted by atomic mass is 9.74. The van der Waals surface area contributed by atoms with Crippen LogP contribution in [-0.2, 0) is 19.1 Å². The van der Waals surface area contributed by atoms with E-state index in [0.717, 1.165) is 43.7 Å². The molecule has 0 aromatic heterocycles. The molecule has 4 heterocycles. The maximum atomic E-state index is 14.6. The number of cyclic esters (lactones) is 1. The first-order valence-electron chi connectivity index (χ1n) is 15.1. The number of fused-ring (bicyclic) bond motifs is 2. The second-order valence-electron chi connectivity index (χ2n) is 11.6. The Morgan fingerprint density at radius 1 is 1.00 bits per heavy atom. The standard InChI is InChI=1S/C32H43N3O5S/c1-4-33(5-2)23-13-15-24(16-14-23)34-20-12-18-32-25(28(37)35(19-9-10-21-36)27(32)29(34)38)26-30(39)40-22-11-7-6-8-17-31(26,3)41-32/h8,12-18,25-27,36H,4-7,9-11,19-22H2,1-3H3/b17-8-/t25-,26-,27?,31+,32-/m0/s1. The van der Waals surface area contributed by atoms with Gasteiger partial charge in [-0.3, -0.25) is 14.4 Å². The number of thioether (sulfide) groups is 1. The summed E-state index contributed by atoms with van der Waals surface area (Å²) in [6.45, 7) is 9.14. The maximum absolute atomic E-state index is 14.6. The molecule has 2 fully saturated rings. The van der Waals surface area contributed by atoms with E-state index in [1.807, 2.05) is 43.3 Å². The Morgan fingerprint density at radius 3 is 2.46 bits per heavy atom. The number of amides is 2. The summed E-state index contributed by atoms with van der Waals surface area (Å²) in [6.07, 6.45) is 12.0. The molecule has 4 aliphatic heterocycles. The van der Waals surface area contributed by atoms with Gasteiger partial charge in [0.2, 0.25) is 5.91 Å². The van der Waals surface area contributed by atoms with Crippen molar-refractivity contribution in [3.8, 4) is 0 Å². The van der Waals surface area contributed by atoms with E-state index in [0.29, 0.717) is 32.5 Å². The third-order valence-corrected chi connectivity index (χ3v) is 10.9. The largest absolute Gasteiger partial charge is 0.465 e. The van der Waals surface area contributed by atoms with Crippen molar-refractivity contribution in [2.75, 3.05) is 49.2 Å². The number of carbonyl (C=O) groups excluding carboxylic acids is 3. The van der Waals surface area contributed by atoms with Gasteiger partial charge in [-0.1, -0.05) is 24.3 Å². The van der Waals surface area contributed by atoms with E-state index in [1.165, 1.54) is 0 Å². The monoisotopic (exact) mass is 581 g/mol. The van der Waals surface area contributed by atoms with Crippen LogP contribution in [0.15, 0.2) is 48.6 Å². The lowest BCUT2D eigenvalue weighted by molar-refractivity contribution is -0.154. The van der Waals surface area contributed by atoms with Crippen molar-refractivity contribution in [3.63, 3.8) is 0 Å². The van der Waals surface area contributed by atoms with Crippen LogP contribution in [0.4, 0.5) is 11.4 Å². The summed E-state index contributed by atoms with van der Waals surface area (Å²) in [5, 5.41) is 9.45. The Hall–Kier alpha value is -2.78. The molecule has 0 saturated carbocycles. The van der Waals surface area contributed by atoms with Crippen LogP contribution in [0.2, 0.25) is 0 Å². The third kappa shape index (κ3) is 5.20. The molecule has 1 unspecified atom stereocenters. The van der Waals surface area contributed by atoms with E-state index in [9.17, 15) is 19.5 Å². The van der Waals surface area contributed by atoms with Gasteiger partial charge in [0.25, 0.3) is 5.91 Å². The summed E-state index contributed by atoms with van der Waals surface area (Å²) >= 11 is 1.57. The summed E-state index contributed by atoms with van der Waals surface area (Å²) in [7, 11) is 0. The first-order chi connectivity index (χ1) is 19.8. The lowest BCUT2D eigenvalue weighted by Gasteiger charge is -2.37. The van der Waals surface area contributed by atoms with Crippen molar-refractivity contribution in [2.24, 2.45) is 11.8 Å². The molecule has 2 saturated heterocycles. The van der Waals surface area contributed by atoms with E-state index in [2.05, 4.69) is 30.9 Å². The summed E-state index contributed by atoms with van der Waals surface area (Å²) in [5.74, 6) is -2.07. The highest BCUT2D eigenvalue weighted by Crippen LogP contribution is 2.65. The summed E-state index contributed by atoms with van der Waals surface area (Å²) in [6, 6.07) is 7.28. The van der Waals surface area contributed by atoms with Crippen molar-refractivity contribution in [2.45, 2.75) is 68.4 Å². The number of aliphatic hydroxyl groups excluding tert-OH is 1. The van der Waals surface area contributed by atoms with Crippen molar-refractivity contribution < 1.29 is 24.2 Å². The fourth-order valence-electron chi connectivity index (χ4n) is 7.10. The van der Waals surface area contributed by atoms with Crippen LogP contribution in [-0.4, -0.2) is 82.7 Å². The number of rotatable bonds is 8. The van der Waals surface area contributed by atoms with Crippen molar-refractivity contribution >= 4 is 40.9 Å². The zero-order chi connectivity index (χ0) is 29.2. The Morgan fingerprint density at radius 2 is 1.76 bits per heavy atom. The van der Waals surface area contributed by atoms with E-state index in [1.54, 1.807) is 21.6 Å². The molecule has 4 aliphatic rings. The molecule has 0 bridgehead atoms. The van der Waals surface area contributed by atoms with E-state index in [-0.39, 0.29) is 24.4 Å². The quantitative estimate of drug-likeness (QED) is 0.280. The van der Waals surface area contributed by atoms with Crippen LogP contribution in [0.1, 0.15) is 52.9 Å². The number of ether oxygens (including phenoxy) is 1. The predicted octanol–water partition coefficient (Wildman–Crippen LogP) is 4.18. The fourth-order valence-corrected chi connectivity index (χ4v) is 9.25. The number of allylic oxidation sites excluding steroid dienone is 1. The summed E-state index contributed by atoms with van der Waals surface area (Å²) in [4.78, 5) is 48.3. The number of benzene rings is 1. The zero-order valence-electron chi connectivity index (χ0n) is 24.5. The highest BCUT2D eigenvalue weighted by atomic mass is 32.2. The SMILES string of the molecule is CCN(CC)c1ccc(N2CC=C[C@]34S[C@]5(C)/C=C\CCCCOC(=O)[C@@H]5[C@H]3C(=O)N(CCCCO)C4C2=O)cc1. The number of hydrogen-bond acceptors (Lipinski definition) is 7. The van der Waals surface area contributed by atoms with Gasteiger partial charge >= 0.3 is 5.97 Å². The highest BCUT2D eigenvalue weighted by Gasteiger charge is 2.73. The topological polar surface area (TPSA) is 90.4 Å². The Kier molecular flexibility index (Phi) is 8.85. The Bertz CT molecular complexity index is 1200. The van der Waals surface area contributed by atoms with Gasteiger partial charge < -0.3 is 24.5 Å². The van der Waals surface area contributed by atoms with E-state index < -0.39 is 27.4 Å².